The lowest BCUT2D eigenvalue weighted by atomic mass is 10.0. The van der Waals surface area contributed by atoms with Crippen molar-refractivity contribution in [2.75, 3.05) is 13.2 Å². The van der Waals surface area contributed by atoms with Crippen molar-refractivity contribution in [1.82, 2.24) is 0 Å². The molecule has 0 heterocycles. The normalized spacial score (nSPS) is 12.6. The van der Waals surface area contributed by atoms with E-state index in [0.29, 0.717) is 19.3 Å². The van der Waals surface area contributed by atoms with Crippen molar-refractivity contribution >= 4 is 17.9 Å². The molecule has 0 aromatic heterocycles. The molecule has 0 aliphatic carbocycles. The number of hydrogen-bond acceptors (Lipinski definition) is 6. The standard InChI is InChI=1S/C74H130O6/c1-4-7-10-13-16-19-22-25-28-31-34-35-36-37-38-39-41-43-46-49-52-55-58-61-64-67-73(76)79-70-71(69-78-72(75)66-63-60-57-54-51-48-45-42-33-30-27-24-21-18-15-12-9-6-3)80-74(77)68-65-62-59-56-53-50-47-44-40-32-29-26-23-20-17-14-11-8-5-2/h7,10,16,19,21,24-26,28-30,33-35,71H,4-6,8-9,11-15,17-18,20,22-23,27,31-32,36-70H2,1-3H3/b10-7-,19-16-,24-21-,28-25-,29-26-,33-30-,35-34-. The largest absolute Gasteiger partial charge is 0.462 e. The third-order valence-corrected chi connectivity index (χ3v) is 15.1. The van der Waals surface area contributed by atoms with Gasteiger partial charge in [0, 0.05) is 19.3 Å². The van der Waals surface area contributed by atoms with Gasteiger partial charge in [0.05, 0.1) is 0 Å². The third-order valence-electron chi connectivity index (χ3n) is 15.1. The summed E-state index contributed by atoms with van der Waals surface area (Å²) in [6.07, 6.45) is 90.2. The smallest absolute Gasteiger partial charge is 0.306 e. The fourth-order valence-corrected chi connectivity index (χ4v) is 9.93. The maximum atomic E-state index is 13.0. The van der Waals surface area contributed by atoms with Crippen LogP contribution in [0.4, 0.5) is 0 Å². The predicted molar refractivity (Wildman–Crippen MR) is 348 cm³/mol. The monoisotopic (exact) mass is 1110 g/mol. The Morgan fingerprint density at radius 2 is 0.487 bits per heavy atom. The summed E-state index contributed by atoms with van der Waals surface area (Å²) in [5.74, 6) is -0.872. The first-order chi connectivity index (χ1) is 39.5. The number of hydrogen-bond donors (Lipinski definition) is 0. The van der Waals surface area contributed by atoms with Crippen molar-refractivity contribution in [3.05, 3.63) is 85.1 Å². The summed E-state index contributed by atoms with van der Waals surface area (Å²) in [6.45, 7) is 6.55. The van der Waals surface area contributed by atoms with Gasteiger partial charge in [-0.2, -0.15) is 0 Å². The number of unbranched alkanes of at least 4 members (excludes halogenated alkanes) is 38. The van der Waals surface area contributed by atoms with E-state index in [2.05, 4.69) is 106 Å². The molecule has 1 unspecified atom stereocenters. The van der Waals surface area contributed by atoms with Crippen LogP contribution in [0, 0.1) is 0 Å². The highest BCUT2D eigenvalue weighted by atomic mass is 16.6. The second-order valence-electron chi connectivity index (χ2n) is 23.1. The Hall–Kier alpha value is -3.41. The number of allylic oxidation sites excluding steroid dienone is 14. The minimum absolute atomic E-state index is 0.0787. The minimum Gasteiger partial charge on any atom is -0.462 e. The topological polar surface area (TPSA) is 78.9 Å². The lowest BCUT2D eigenvalue weighted by Crippen LogP contribution is -2.30. The van der Waals surface area contributed by atoms with Gasteiger partial charge in [-0.1, -0.05) is 298 Å². The van der Waals surface area contributed by atoms with Crippen molar-refractivity contribution < 1.29 is 28.6 Å². The molecular weight excluding hydrogens is 985 g/mol. The van der Waals surface area contributed by atoms with Crippen molar-refractivity contribution in [2.24, 2.45) is 0 Å². The molecule has 0 aromatic carbocycles. The number of rotatable bonds is 63. The van der Waals surface area contributed by atoms with Gasteiger partial charge in [-0.05, 0) is 116 Å². The second-order valence-corrected chi connectivity index (χ2v) is 23.1. The first kappa shape index (κ1) is 76.6. The highest BCUT2D eigenvalue weighted by Gasteiger charge is 2.19. The molecule has 0 bridgehead atoms. The van der Waals surface area contributed by atoms with Crippen LogP contribution >= 0.6 is 0 Å². The van der Waals surface area contributed by atoms with E-state index in [1.165, 1.54) is 212 Å². The molecule has 0 saturated carbocycles. The maximum Gasteiger partial charge on any atom is 0.306 e. The summed E-state index contributed by atoms with van der Waals surface area (Å²) in [5, 5.41) is 0. The first-order valence-electron chi connectivity index (χ1n) is 34.6. The molecule has 0 spiro atoms. The summed E-state index contributed by atoms with van der Waals surface area (Å²) in [4.78, 5) is 38.5. The molecule has 0 fully saturated rings. The predicted octanol–water partition coefficient (Wildman–Crippen LogP) is 23.8. The van der Waals surface area contributed by atoms with Gasteiger partial charge in [-0.15, -0.1) is 0 Å². The molecule has 6 nitrogen and oxygen atoms in total. The quantitative estimate of drug-likeness (QED) is 0.0261. The van der Waals surface area contributed by atoms with Crippen molar-refractivity contribution in [1.29, 1.82) is 0 Å². The molecule has 0 amide bonds. The molecule has 0 radical (unpaired) electrons. The zero-order chi connectivity index (χ0) is 57.8. The van der Waals surface area contributed by atoms with Crippen LogP contribution < -0.4 is 0 Å². The van der Waals surface area contributed by atoms with Crippen LogP contribution in [0.2, 0.25) is 0 Å². The Morgan fingerprint density at radius 1 is 0.263 bits per heavy atom. The van der Waals surface area contributed by atoms with Crippen LogP contribution in [-0.2, 0) is 28.6 Å². The van der Waals surface area contributed by atoms with E-state index in [-0.39, 0.29) is 31.1 Å². The Morgan fingerprint density at radius 3 is 0.787 bits per heavy atom. The molecule has 0 aromatic rings. The summed E-state index contributed by atoms with van der Waals surface area (Å²) in [7, 11) is 0. The number of carbonyl (C=O) groups excluding carboxylic acids is 3. The number of carbonyl (C=O) groups is 3. The summed E-state index contributed by atoms with van der Waals surface area (Å²) >= 11 is 0. The van der Waals surface area contributed by atoms with E-state index in [1.54, 1.807) is 0 Å². The Kier molecular flexibility index (Phi) is 65.2. The van der Waals surface area contributed by atoms with Gasteiger partial charge in [-0.25, -0.2) is 0 Å². The molecule has 6 heteroatoms. The van der Waals surface area contributed by atoms with E-state index >= 15 is 0 Å². The Labute approximate surface area is 496 Å². The zero-order valence-electron chi connectivity index (χ0n) is 53.1. The Balaban J connectivity index is 4.35. The average molecular weight is 1120 g/mol. The fraction of sp³-hybridized carbons (Fsp3) is 0.770. The SMILES string of the molecule is CC/C=C\C/C=C\C/C=C\C/C=C\CCCCCCCCCCCCCCC(=O)OCC(COC(=O)CCCCCCCCC/C=C\C/C=C\CCCCCC)OC(=O)CCCCCCCCCCC/C=C\CCCCCCCC. The third kappa shape index (κ3) is 65.4. The molecule has 462 valence electrons. The van der Waals surface area contributed by atoms with E-state index in [4.69, 9.17) is 14.2 Å². The molecule has 0 rings (SSSR count). The number of ether oxygens (including phenoxy) is 3. The maximum absolute atomic E-state index is 13.0. The van der Waals surface area contributed by atoms with Crippen LogP contribution in [0.5, 0.6) is 0 Å². The first-order valence-corrected chi connectivity index (χ1v) is 34.6. The molecule has 0 aliphatic heterocycles. The van der Waals surface area contributed by atoms with Crippen LogP contribution in [0.1, 0.15) is 348 Å². The van der Waals surface area contributed by atoms with Crippen LogP contribution in [0.3, 0.4) is 0 Å². The molecule has 0 saturated heterocycles. The summed E-state index contributed by atoms with van der Waals surface area (Å²) in [5.41, 5.74) is 0. The molecule has 1 atom stereocenters. The second kappa shape index (κ2) is 68.1. The lowest BCUT2D eigenvalue weighted by molar-refractivity contribution is -0.167. The highest BCUT2D eigenvalue weighted by molar-refractivity contribution is 5.71. The molecule has 80 heavy (non-hydrogen) atoms. The number of esters is 3. The average Bonchev–Trinajstić information content (AvgIpc) is 3.46. The van der Waals surface area contributed by atoms with Crippen LogP contribution in [-0.4, -0.2) is 37.2 Å². The van der Waals surface area contributed by atoms with Gasteiger partial charge in [0.2, 0.25) is 0 Å². The van der Waals surface area contributed by atoms with Gasteiger partial charge in [0.25, 0.3) is 0 Å². The zero-order valence-corrected chi connectivity index (χ0v) is 53.1. The van der Waals surface area contributed by atoms with Gasteiger partial charge in [0.1, 0.15) is 13.2 Å². The molecule has 0 N–H and O–H groups in total. The van der Waals surface area contributed by atoms with Crippen LogP contribution in [0.15, 0.2) is 85.1 Å². The fourth-order valence-electron chi connectivity index (χ4n) is 9.93. The van der Waals surface area contributed by atoms with Crippen molar-refractivity contribution in [2.45, 2.75) is 354 Å². The van der Waals surface area contributed by atoms with Gasteiger partial charge >= 0.3 is 17.9 Å². The van der Waals surface area contributed by atoms with Gasteiger partial charge < -0.3 is 14.2 Å². The minimum atomic E-state index is -0.783. The summed E-state index contributed by atoms with van der Waals surface area (Å²) in [6, 6.07) is 0. The Bertz CT molecular complexity index is 1520. The molecule has 0 aliphatic rings. The lowest BCUT2D eigenvalue weighted by Gasteiger charge is -2.18. The van der Waals surface area contributed by atoms with E-state index < -0.39 is 6.10 Å². The molecular formula is C74H130O6. The summed E-state index contributed by atoms with van der Waals surface area (Å²) < 4.78 is 17.0. The van der Waals surface area contributed by atoms with E-state index in [9.17, 15) is 14.4 Å². The van der Waals surface area contributed by atoms with Crippen molar-refractivity contribution in [3.8, 4) is 0 Å². The van der Waals surface area contributed by atoms with E-state index in [1.807, 2.05) is 0 Å². The van der Waals surface area contributed by atoms with E-state index in [0.717, 1.165) is 96.3 Å². The van der Waals surface area contributed by atoms with Crippen molar-refractivity contribution in [3.63, 3.8) is 0 Å². The van der Waals surface area contributed by atoms with Crippen LogP contribution in [0.25, 0.3) is 0 Å². The van der Waals surface area contributed by atoms with Gasteiger partial charge in [0.15, 0.2) is 6.10 Å². The highest BCUT2D eigenvalue weighted by Crippen LogP contribution is 2.17. The van der Waals surface area contributed by atoms with Gasteiger partial charge in [-0.3, -0.25) is 14.4 Å².